The van der Waals surface area contributed by atoms with Crippen LogP contribution in [0.2, 0.25) is 0 Å². The normalized spacial score (nSPS) is 23.7. The van der Waals surface area contributed by atoms with E-state index in [0.717, 1.165) is 24.8 Å². The van der Waals surface area contributed by atoms with Gasteiger partial charge in [-0.3, -0.25) is 14.9 Å². The van der Waals surface area contributed by atoms with Gasteiger partial charge in [0.25, 0.3) is 0 Å². The zero-order chi connectivity index (χ0) is 16.8. The number of nitrogens with zero attached hydrogens (tertiary/aromatic N) is 1. The predicted octanol–water partition coefficient (Wildman–Crippen LogP) is 2.53. The van der Waals surface area contributed by atoms with Crippen LogP contribution in [-0.4, -0.2) is 35.3 Å². The number of benzene rings is 1. The third-order valence-corrected chi connectivity index (χ3v) is 4.72. The molecule has 23 heavy (non-hydrogen) atoms. The van der Waals surface area contributed by atoms with Gasteiger partial charge in [-0.15, -0.1) is 0 Å². The van der Waals surface area contributed by atoms with E-state index in [1.165, 1.54) is 7.11 Å². The highest BCUT2D eigenvalue weighted by Crippen LogP contribution is 2.40. The molecule has 1 N–H and O–H groups in total. The fourth-order valence-corrected chi connectivity index (χ4v) is 3.58. The summed E-state index contributed by atoms with van der Waals surface area (Å²) in [4.78, 5) is 22.9. The van der Waals surface area contributed by atoms with Crippen LogP contribution in [0.1, 0.15) is 43.6 Å². The summed E-state index contributed by atoms with van der Waals surface area (Å²) in [6.45, 7) is 0. The summed E-state index contributed by atoms with van der Waals surface area (Å²) in [5.41, 5.74) is 0.795. The van der Waals surface area contributed by atoms with Gasteiger partial charge < -0.3 is 9.84 Å². The molecule has 0 aliphatic heterocycles. The molecule has 2 rings (SSSR count). The zero-order valence-electron chi connectivity index (χ0n) is 13.3. The lowest BCUT2D eigenvalue weighted by Gasteiger charge is -2.35. The SMILES string of the molecule is COC(=O)C[C@@H]([C@@H](c1ccccc1)[C@@H]1CCCC[C@@H]1O)[N+](=O)[O-]. The van der Waals surface area contributed by atoms with Crippen molar-refractivity contribution in [3.63, 3.8) is 0 Å². The molecule has 4 atom stereocenters. The molecule has 0 aromatic heterocycles. The lowest BCUT2D eigenvalue weighted by molar-refractivity contribution is -0.528. The molecule has 0 heterocycles. The van der Waals surface area contributed by atoms with Gasteiger partial charge in [-0.25, -0.2) is 0 Å². The molecule has 6 heteroatoms. The summed E-state index contributed by atoms with van der Waals surface area (Å²) in [5, 5.41) is 22.0. The van der Waals surface area contributed by atoms with Gasteiger partial charge in [0.1, 0.15) is 6.42 Å². The van der Waals surface area contributed by atoms with Crippen molar-refractivity contribution in [1.29, 1.82) is 0 Å². The van der Waals surface area contributed by atoms with Crippen LogP contribution in [0.4, 0.5) is 0 Å². The van der Waals surface area contributed by atoms with Crippen LogP contribution >= 0.6 is 0 Å². The highest BCUT2D eigenvalue weighted by atomic mass is 16.6. The van der Waals surface area contributed by atoms with Crippen LogP contribution in [0.3, 0.4) is 0 Å². The monoisotopic (exact) mass is 321 g/mol. The van der Waals surface area contributed by atoms with E-state index in [4.69, 9.17) is 0 Å². The number of ether oxygens (including phenoxy) is 1. The number of methoxy groups -OCH3 is 1. The number of carbonyl (C=O) groups is 1. The Morgan fingerprint density at radius 1 is 1.35 bits per heavy atom. The number of aliphatic hydroxyl groups is 1. The van der Waals surface area contributed by atoms with E-state index in [9.17, 15) is 20.0 Å². The van der Waals surface area contributed by atoms with Crippen LogP contribution in [-0.2, 0) is 9.53 Å². The minimum absolute atomic E-state index is 0.216. The molecule has 1 aliphatic carbocycles. The zero-order valence-corrected chi connectivity index (χ0v) is 13.3. The number of hydrogen-bond donors (Lipinski definition) is 1. The number of esters is 1. The molecule has 1 saturated carbocycles. The number of carbonyl (C=O) groups excluding carboxylic acids is 1. The van der Waals surface area contributed by atoms with Crippen molar-refractivity contribution in [3.05, 3.63) is 46.0 Å². The fraction of sp³-hybridized carbons (Fsp3) is 0.588. The third-order valence-electron chi connectivity index (χ3n) is 4.72. The molecule has 0 saturated heterocycles. The molecule has 1 fully saturated rings. The van der Waals surface area contributed by atoms with Gasteiger partial charge in [-0.05, 0) is 24.3 Å². The van der Waals surface area contributed by atoms with Crippen LogP contribution in [0.5, 0.6) is 0 Å². The molecule has 6 nitrogen and oxygen atoms in total. The van der Waals surface area contributed by atoms with Crippen molar-refractivity contribution < 1.29 is 19.6 Å². The molecule has 1 aromatic carbocycles. The molecular weight excluding hydrogens is 298 g/mol. The average Bonchev–Trinajstić information content (AvgIpc) is 2.56. The quantitative estimate of drug-likeness (QED) is 0.494. The van der Waals surface area contributed by atoms with Crippen molar-refractivity contribution in [3.8, 4) is 0 Å². The minimum Gasteiger partial charge on any atom is -0.469 e. The Hall–Kier alpha value is -1.95. The lowest BCUT2D eigenvalue weighted by atomic mass is 9.71. The topological polar surface area (TPSA) is 89.7 Å². The maximum absolute atomic E-state index is 11.6. The third kappa shape index (κ3) is 4.28. The van der Waals surface area contributed by atoms with E-state index in [-0.39, 0.29) is 12.3 Å². The predicted molar refractivity (Wildman–Crippen MR) is 84.6 cm³/mol. The number of hydrogen-bond acceptors (Lipinski definition) is 5. The lowest BCUT2D eigenvalue weighted by Crippen LogP contribution is -2.40. The fourth-order valence-electron chi connectivity index (χ4n) is 3.58. The average molecular weight is 321 g/mol. The van der Waals surface area contributed by atoms with Gasteiger partial charge in [0.2, 0.25) is 6.04 Å². The largest absolute Gasteiger partial charge is 0.469 e. The summed E-state index contributed by atoms with van der Waals surface area (Å²) in [6.07, 6.45) is 2.39. The Balaban J connectivity index is 2.38. The van der Waals surface area contributed by atoms with E-state index >= 15 is 0 Å². The second-order valence-corrected chi connectivity index (χ2v) is 6.09. The highest BCUT2D eigenvalue weighted by molar-refractivity contribution is 5.69. The summed E-state index contributed by atoms with van der Waals surface area (Å²) < 4.78 is 4.63. The Kier molecular flexibility index (Phi) is 6.10. The first kappa shape index (κ1) is 17.4. The molecule has 1 aromatic rings. The second-order valence-electron chi connectivity index (χ2n) is 6.09. The first-order valence-electron chi connectivity index (χ1n) is 7.98. The number of rotatable bonds is 6. The minimum atomic E-state index is -1.09. The smallest absolute Gasteiger partial charge is 0.312 e. The first-order chi connectivity index (χ1) is 11.0. The van der Waals surface area contributed by atoms with Crippen LogP contribution in [0.25, 0.3) is 0 Å². The van der Waals surface area contributed by atoms with Gasteiger partial charge in [0, 0.05) is 4.92 Å². The van der Waals surface area contributed by atoms with Crippen molar-refractivity contribution in [2.75, 3.05) is 7.11 Å². The Labute approximate surface area is 135 Å². The maximum atomic E-state index is 11.6. The summed E-state index contributed by atoms with van der Waals surface area (Å²) in [7, 11) is 1.23. The summed E-state index contributed by atoms with van der Waals surface area (Å²) in [5.74, 6) is -1.32. The Bertz CT molecular complexity index is 533. The molecular formula is C17H23NO5. The molecule has 0 spiro atoms. The second kappa shape index (κ2) is 8.06. The molecule has 0 amide bonds. The maximum Gasteiger partial charge on any atom is 0.312 e. The molecule has 0 radical (unpaired) electrons. The molecule has 0 bridgehead atoms. The van der Waals surface area contributed by atoms with E-state index in [2.05, 4.69) is 4.74 Å². The Morgan fingerprint density at radius 2 is 2.00 bits per heavy atom. The standard InChI is InChI=1S/C17H23NO5/c1-23-16(20)11-14(18(21)22)17(12-7-3-2-4-8-12)13-9-5-6-10-15(13)19/h2-4,7-8,13-15,17,19H,5-6,9-11H2,1H3/t13-,14+,15+,17+/m1/s1. The van der Waals surface area contributed by atoms with E-state index in [1.807, 2.05) is 30.3 Å². The van der Waals surface area contributed by atoms with E-state index in [0.29, 0.717) is 6.42 Å². The Morgan fingerprint density at radius 3 is 2.57 bits per heavy atom. The van der Waals surface area contributed by atoms with Crippen LogP contribution < -0.4 is 0 Å². The van der Waals surface area contributed by atoms with Crippen LogP contribution in [0, 0.1) is 16.0 Å². The molecule has 0 unspecified atom stereocenters. The van der Waals surface area contributed by atoms with Crippen molar-refractivity contribution >= 4 is 5.97 Å². The van der Waals surface area contributed by atoms with Gasteiger partial charge in [-0.2, -0.15) is 0 Å². The summed E-state index contributed by atoms with van der Waals surface area (Å²) >= 11 is 0. The highest BCUT2D eigenvalue weighted by Gasteiger charge is 2.43. The van der Waals surface area contributed by atoms with Gasteiger partial charge >= 0.3 is 5.97 Å². The van der Waals surface area contributed by atoms with Crippen molar-refractivity contribution in [1.82, 2.24) is 0 Å². The van der Waals surface area contributed by atoms with Gasteiger partial charge in [0.05, 0.1) is 19.1 Å². The molecule has 1 aliphatic rings. The van der Waals surface area contributed by atoms with E-state index < -0.39 is 29.0 Å². The molecule has 126 valence electrons. The van der Waals surface area contributed by atoms with Crippen molar-refractivity contribution in [2.24, 2.45) is 5.92 Å². The van der Waals surface area contributed by atoms with Gasteiger partial charge in [0.15, 0.2) is 0 Å². The van der Waals surface area contributed by atoms with Gasteiger partial charge in [-0.1, -0.05) is 43.2 Å². The van der Waals surface area contributed by atoms with Crippen LogP contribution in [0.15, 0.2) is 30.3 Å². The number of aliphatic hydroxyl groups excluding tert-OH is 1. The number of nitro groups is 1. The summed E-state index contributed by atoms with van der Waals surface area (Å²) in [6, 6.07) is 8.07. The van der Waals surface area contributed by atoms with E-state index in [1.54, 1.807) is 0 Å². The first-order valence-corrected chi connectivity index (χ1v) is 7.98. The van der Waals surface area contributed by atoms with Crippen molar-refractivity contribution in [2.45, 2.75) is 50.2 Å².